The van der Waals surface area contributed by atoms with E-state index in [4.69, 9.17) is 83.8 Å². The van der Waals surface area contributed by atoms with E-state index in [0.29, 0.717) is 0 Å². The predicted octanol–water partition coefficient (Wildman–Crippen LogP) is 3.40. The summed E-state index contributed by atoms with van der Waals surface area (Å²) in [6, 6.07) is 0. The average molecular weight is 464 g/mol. The number of rotatable bonds is 2. The molecule has 6 nitrogen and oxygen atoms in total. The Morgan fingerprint density at radius 1 is 1.00 bits per heavy atom. The lowest BCUT2D eigenvalue weighted by Gasteiger charge is -2.36. The summed E-state index contributed by atoms with van der Waals surface area (Å²) in [5.74, 6) is -3.14. The topological polar surface area (TPSA) is 73.9 Å². The number of carbonyl (C=O) groups is 2. The second-order valence-electron chi connectivity index (χ2n) is 5.59. The summed E-state index contributed by atoms with van der Waals surface area (Å²) in [5, 5.41) is 2.46. The fourth-order valence-electron chi connectivity index (χ4n) is 2.87. The van der Waals surface area contributed by atoms with E-state index in [9.17, 15) is 9.59 Å². The largest absolute Gasteiger partial charge is 0.451 e. The van der Waals surface area contributed by atoms with E-state index in [0.717, 1.165) is 0 Å². The van der Waals surface area contributed by atoms with Crippen molar-refractivity contribution in [3.63, 3.8) is 0 Å². The first-order chi connectivity index (χ1) is 10.7. The van der Waals surface area contributed by atoms with E-state index >= 15 is 0 Å². The number of nitrogens with one attached hydrogen (secondary N) is 1. The van der Waals surface area contributed by atoms with Gasteiger partial charge in [0.05, 0.1) is 0 Å². The van der Waals surface area contributed by atoms with Crippen molar-refractivity contribution >= 4 is 81.5 Å². The average Bonchev–Trinajstić information content (AvgIpc) is 2.73. The number of alkyl halides is 6. The van der Waals surface area contributed by atoms with Gasteiger partial charge in [-0.2, -0.15) is 0 Å². The van der Waals surface area contributed by atoms with E-state index in [2.05, 4.69) is 5.32 Å². The molecule has 24 heavy (non-hydrogen) atoms. The molecule has 2 unspecified atom stereocenters. The standard InChI is InChI=1S/C12H13Cl6NO5/c1-5(20)19-12-9(22-6(2)21,3-7(23-12)10(13,14)15)4-8(24-12)11(16,17)18/h7-8H,3-4H2,1-2H3,(H,19,20). The fourth-order valence-corrected chi connectivity index (χ4v) is 3.60. The van der Waals surface area contributed by atoms with Gasteiger partial charge in [0.15, 0.2) is 5.60 Å². The summed E-state index contributed by atoms with van der Waals surface area (Å²) < 4.78 is 13.1. The van der Waals surface area contributed by atoms with E-state index in [1.165, 1.54) is 13.8 Å². The van der Waals surface area contributed by atoms with Gasteiger partial charge in [-0.1, -0.05) is 69.6 Å². The van der Waals surface area contributed by atoms with E-state index in [1.807, 2.05) is 0 Å². The maximum Gasteiger partial charge on any atom is 0.303 e. The van der Waals surface area contributed by atoms with Crippen molar-refractivity contribution in [1.29, 1.82) is 0 Å². The number of esters is 1. The van der Waals surface area contributed by atoms with Crippen molar-refractivity contribution in [2.45, 2.75) is 58.0 Å². The van der Waals surface area contributed by atoms with Crippen molar-refractivity contribution < 1.29 is 23.8 Å². The summed E-state index contributed by atoms with van der Waals surface area (Å²) in [6.45, 7) is 2.39. The Bertz CT molecular complexity index is 485. The number of amides is 1. The van der Waals surface area contributed by atoms with Crippen LogP contribution in [-0.2, 0) is 23.8 Å². The third-order valence-corrected chi connectivity index (χ3v) is 5.12. The monoisotopic (exact) mass is 461 g/mol. The van der Waals surface area contributed by atoms with Gasteiger partial charge in [0.2, 0.25) is 13.5 Å². The van der Waals surface area contributed by atoms with Crippen molar-refractivity contribution in [2.24, 2.45) is 0 Å². The zero-order valence-corrected chi connectivity index (χ0v) is 16.9. The fraction of sp³-hybridized carbons (Fsp3) is 0.833. The van der Waals surface area contributed by atoms with Gasteiger partial charge in [-0.05, 0) is 0 Å². The van der Waals surface area contributed by atoms with Crippen molar-refractivity contribution in [1.82, 2.24) is 5.32 Å². The maximum atomic E-state index is 11.7. The molecule has 0 saturated carbocycles. The number of hydrogen-bond acceptors (Lipinski definition) is 5. The van der Waals surface area contributed by atoms with Gasteiger partial charge in [-0.3, -0.25) is 9.59 Å². The third kappa shape index (κ3) is 3.96. The van der Waals surface area contributed by atoms with E-state index in [-0.39, 0.29) is 12.8 Å². The molecule has 2 fully saturated rings. The van der Waals surface area contributed by atoms with Gasteiger partial charge in [0, 0.05) is 26.7 Å². The Labute approximate surface area is 168 Å². The van der Waals surface area contributed by atoms with E-state index in [1.54, 1.807) is 0 Å². The van der Waals surface area contributed by atoms with Crippen molar-refractivity contribution in [2.75, 3.05) is 0 Å². The van der Waals surface area contributed by atoms with Crippen LogP contribution in [0.1, 0.15) is 26.7 Å². The zero-order chi connectivity index (χ0) is 18.6. The molecule has 0 aromatic carbocycles. The molecule has 0 bridgehead atoms. The van der Waals surface area contributed by atoms with Crippen LogP contribution < -0.4 is 5.32 Å². The molecule has 2 heterocycles. The number of ether oxygens (including phenoxy) is 3. The van der Waals surface area contributed by atoms with Gasteiger partial charge in [-0.25, -0.2) is 0 Å². The van der Waals surface area contributed by atoms with Crippen LogP contribution in [0.15, 0.2) is 0 Å². The quantitative estimate of drug-likeness (QED) is 0.502. The Morgan fingerprint density at radius 2 is 1.42 bits per heavy atom. The number of halogens is 6. The second-order valence-corrected chi connectivity index (χ2v) is 10.3. The highest BCUT2D eigenvalue weighted by atomic mass is 35.6. The van der Waals surface area contributed by atoms with Gasteiger partial charge >= 0.3 is 5.97 Å². The van der Waals surface area contributed by atoms with Gasteiger partial charge < -0.3 is 19.5 Å². The normalized spacial score (nSPS) is 36.3. The summed E-state index contributed by atoms with van der Waals surface area (Å²) >= 11 is 35.4. The van der Waals surface area contributed by atoms with Crippen LogP contribution in [0.5, 0.6) is 0 Å². The van der Waals surface area contributed by atoms with Crippen LogP contribution in [0.4, 0.5) is 0 Å². The zero-order valence-electron chi connectivity index (χ0n) is 12.4. The second kappa shape index (κ2) is 6.64. The predicted molar refractivity (Wildman–Crippen MR) is 90.6 cm³/mol. The number of fused-ring (bicyclic) bond motifs is 1. The van der Waals surface area contributed by atoms with E-state index < -0.39 is 43.2 Å². The van der Waals surface area contributed by atoms with Crippen molar-refractivity contribution in [3.05, 3.63) is 0 Å². The molecular formula is C12H13Cl6NO5. The third-order valence-electron chi connectivity index (χ3n) is 3.66. The van der Waals surface area contributed by atoms with Crippen LogP contribution in [-0.4, -0.2) is 43.2 Å². The summed E-state index contributed by atoms with van der Waals surface area (Å²) in [4.78, 5) is 23.3. The molecule has 12 heteroatoms. The lowest BCUT2D eigenvalue weighted by atomic mass is 9.91. The molecule has 0 aliphatic carbocycles. The minimum absolute atomic E-state index is 0.0827. The molecule has 2 saturated heterocycles. The number of carbonyl (C=O) groups excluding carboxylic acids is 2. The molecule has 138 valence electrons. The molecule has 0 spiro atoms. The lowest BCUT2D eigenvalue weighted by molar-refractivity contribution is -0.278. The highest BCUT2D eigenvalue weighted by Crippen LogP contribution is 2.58. The van der Waals surface area contributed by atoms with Crippen molar-refractivity contribution in [3.8, 4) is 0 Å². The maximum absolute atomic E-state index is 11.7. The molecule has 1 amide bonds. The smallest absolute Gasteiger partial charge is 0.303 e. The molecule has 2 rings (SSSR count). The minimum atomic E-state index is -1.94. The highest BCUT2D eigenvalue weighted by Gasteiger charge is 2.74. The molecular weight excluding hydrogens is 451 g/mol. The van der Waals surface area contributed by atoms with Gasteiger partial charge in [0.1, 0.15) is 12.2 Å². The van der Waals surface area contributed by atoms with Crippen LogP contribution in [0, 0.1) is 0 Å². The first kappa shape index (κ1) is 20.9. The lowest BCUT2D eigenvalue weighted by Crippen LogP contribution is -2.61. The molecule has 0 radical (unpaired) electrons. The van der Waals surface area contributed by atoms with Crippen LogP contribution >= 0.6 is 69.6 Å². The summed E-state index contributed by atoms with van der Waals surface area (Å²) in [5.41, 5.74) is -1.52. The Morgan fingerprint density at radius 3 is 1.71 bits per heavy atom. The Kier molecular flexibility index (Phi) is 5.79. The molecule has 2 atom stereocenters. The molecule has 0 aromatic rings. The van der Waals surface area contributed by atoms with Crippen LogP contribution in [0.2, 0.25) is 0 Å². The first-order valence-corrected chi connectivity index (χ1v) is 8.95. The van der Waals surface area contributed by atoms with Crippen LogP contribution in [0.3, 0.4) is 0 Å². The highest BCUT2D eigenvalue weighted by molar-refractivity contribution is 6.68. The molecule has 2 aliphatic heterocycles. The summed E-state index contributed by atoms with van der Waals surface area (Å²) in [6.07, 6.45) is -2.24. The van der Waals surface area contributed by atoms with Gasteiger partial charge in [-0.15, -0.1) is 0 Å². The number of hydrogen-bond donors (Lipinski definition) is 1. The minimum Gasteiger partial charge on any atom is -0.451 e. The molecule has 0 aromatic heterocycles. The Hall–Kier alpha value is 0.600. The molecule has 2 aliphatic rings. The first-order valence-electron chi connectivity index (χ1n) is 6.68. The summed E-state index contributed by atoms with van der Waals surface area (Å²) in [7, 11) is 0. The SMILES string of the molecule is CC(=O)NC12OC(C(Cl)(Cl)Cl)CC1(OC(C)=O)CC(C(Cl)(Cl)Cl)O2. The van der Waals surface area contributed by atoms with Crippen LogP contribution in [0.25, 0.3) is 0 Å². The Balaban J connectivity index is 2.49. The molecule has 1 N–H and O–H groups in total. The van der Waals surface area contributed by atoms with Gasteiger partial charge in [0.25, 0.3) is 5.91 Å².